The van der Waals surface area contributed by atoms with Gasteiger partial charge in [-0.1, -0.05) is 18.0 Å². The van der Waals surface area contributed by atoms with Crippen molar-refractivity contribution in [2.24, 2.45) is 5.73 Å². The monoisotopic (exact) mass is 360 g/mol. The molecule has 5 nitrogen and oxygen atoms in total. The van der Waals surface area contributed by atoms with E-state index in [1.807, 2.05) is 35.9 Å². The number of hydrogen-bond donors (Lipinski definition) is 2. The topological polar surface area (TPSA) is 72.9 Å². The Bertz CT molecular complexity index is 737. The number of aromatic nitrogens is 2. The average Bonchev–Trinajstić information content (AvgIpc) is 2.77. The Kier molecular flexibility index (Phi) is 5.76. The summed E-state index contributed by atoms with van der Waals surface area (Å²) in [6.07, 6.45) is 6.00. The van der Waals surface area contributed by atoms with Crippen molar-refractivity contribution in [2.75, 3.05) is 6.54 Å². The fraction of sp³-hybridized carbons (Fsp3) is 0.474. The molecule has 1 aliphatic carbocycles. The zero-order valence-corrected chi connectivity index (χ0v) is 15.4. The zero-order chi connectivity index (χ0) is 17.8. The second-order valence-corrected chi connectivity index (χ2v) is 7.18. The van der Waals surface area contributed by atoms with Crippen molar-refractivity contribution >= 4 is 17.5 Å². The number of carbonyl (C=O) groups is 1. The van der Waals surface area contributed by atoms with E-state index in [1.54, 1.807) is 0 Å². The summed E-state index contributed by atoms with van der Waals surface area (Å²) in [5, 5.41) is 8.31. The summed E-state index contributed by atoms with van der Waals surface area (Å²) in [5.41, 5.74) is 9.49. The third-order valence-electron chi connectivity index (χ3n) is 4.60. The molecule has 6 heteroatoms. The van der Waals surface area contributed by atoms with Crippen LogP contribution in [0.15, 0.2) is 24.3 Å². The summed E-state index contributed by atoms with van der Waals surface area (Å²) >= 11 is 6.00. The number of nitrogens with one attached hydrogen (secondary N) is 1. The summed E-state index contributed by atoms with van der Waals surface area (Å²) < 4.78 is 1.91. The molecule has 0 radical (unpaired) electrons. The van der Waals surface area contributed by atoms with E-state index in [1.165, 1.54) is 6.42 Å². The molecule has 2 aromatic rings. The molecule has 0 spiro atoms. The third kappa shape index (κ3) is 4.22. The van der Waals surface area contributed by atoms with Crippen LogP contribution in [0.25, 0.3) is 5.69 Å². The number of carbonyl (C=O) groups excluding carboxylic acids is 1. The second kappa shape index (κ2) is 8.02. The highest BCUT2D eigenvalue weighted by Gasteiger charge is 2.24. The maximum Gasteiger partial charge on any atom is 0.272 e. The van der Waals surface area contributed by atoms with Gasteiger partial charge >= 0.3 is 0 Å². The Balaban J connectivity index is 1.93. The first kappa shape index (κ1) is 18.0. The predicted molar refractivity (Wildman–Crippen MR) is 100 cm³/mol. The summed E-state index contributed by atoms with van der Waals surface area (Å²) in [7, 11) is 0. The van der Waals surface area contributed by atoms with Crippen LogP contribution in [0.4, 0.5) is 0 Å². The van der Waals surface area contributed by atoms with Crippen LogP contribution in [0, 0.1) is 0 Å². The Morgan fingerprint density at radius 2 is 2.00 bits per heavy atom. The number of hydrogen-bond acceptors (Lipinski definition) is 3. The molecular formula is C19H25ClN4O. The van der Waals surface area contributed by atoms with Gasteiger partial charge in [-0.15, -0.1) is 0 Å². The molecule has 0 aliphatic heterocycles. The predicted octanol–water partition coefficient (Wildman–Crippen LogP) is 3.26. The van der Waals surface area contributed by atoms with Crippen LogP contribution in [-0.2, 0) is 12.8 Å². The van der Waals surface area contributed by atoms with Gasteiger partial charge in [-0.05, 0) is 63.3 Å². The molecule has 1 atom stereocenters. The molecule has 0 fully saturated rings. The second-order valence-electron chi connectivity index (χ2n) is 6.74. The van der Waals surface area contributed by atoms with Gasteiger partial charge in [0.2, 0.25) is 0 Å². The lowest BCUT2D eigenvalue weighted by molar-refractivity contribution is 0.0946. The van der Waals surface area contributed by atoms with Crippen LogP contribution in [0.1, 0.15) is 54.4 Å². The number of rotatable bonds is 5. The summed E-state index contributed by atoms with van der Waals surface area (Å²) in [5.74, 6) is -0.105. The maximum atomic E-state index is 12.7. The van der Waals surface area contributed by atoms with Crippen molar-refractivity contribution in [1.82, 2.24) is 15.1 Å². The van der Waals surface area contributed by atoms with Gasteiger partial charge in [0.15, 0.2) is 5.69 Å². The lowest BCUT2D eigenvalue weighted by atomic mass is 10.1. The molecule has 1 aromatic heterocycles. The number of nitrogens with two attached hydrogens (primary N) is 1. The molecule has 0 saturated carbocycles. The lowest BCUT2D eigenvalue weighted by Gasteiger charge is -2.07. The molecule has 0 saturated heterocycles. The number of fused-ring (bicyclic) bond motifs is 1. The van der Waals surface area contributed by atoms with Gasteiger partial charge in [0.25, 0.3) is 5.91 Å². The molecule has 1 aromatic carbocycles. The molecular weight excluding hydrogens is 336 g/mol. The number of nitrogens with zero attached hydrogens (tertiary/aromatic N) is 2. The van der Waals surface area contributed by atoms with E-state index in [4.69, 9.17) is 17.3 Å². The van der Waals surface area contributed by atoms with Crippen molar-refractivity contribution in [1.29, 1.82) is 0 Å². The fourth-order valence-corrected chi connectivity index (χ4v) is 3.38. The largest absolute Gasteiger partial charge is 0.351 e. The highest BCUT2D eigenvalue weighted by molar-refractivity contribution is 6.30. The smallest absolute Gasteiger partial charge is 0.272 e. The van der Waals surface area contributed by atoms with Gasteiger partial charge < -0.3 is 11.1 Å². The van der Waals surface area contributed by atoms with E-state index >= 15 is 0 Å². The first-order valence-electron chi connectivity index (χ1n) is 8.96. The van der Waals surface area contributed by atoms with E-state index in [0.29, 0.717) is 17.3 Å². The fourth-order valence-electron chi connectivity index (χ4n) is 3.25. The van der Waals surface area contributed by atoms with Crippen LogP contribution in [0.3, 0.4) is 0 Å². The van der Waals surface area contributed by atoms with E-state index in [2.05, 4.69) is 10.4 Å². The van der Waals surface area contributed by atoms with Crippen molar-refractivity contribution in [2.45, 2.75) is 51.5 Å². The van der Waals surface area contributed by atoms with Gasteiger partial charge in [-0.2, -0.15) is 5.10 Å². The molecule has 0 bridgehead atoms. The van der Waals surface area contributed by atoms with Gasteiger partial charge in [0.1, 0.15) is 0 Å². The van der Waals surface area contributed by atoms with Crippen LogP contribution in [0.5, 0.6) is 0 Å². The summed E-state index contributed by atoms with van der Waals surface area (Å²) in [6.45, 7) is 2.51. The van der Waals surface area contributed by atoms with Crippen LogP contribution in [0.2, 0.25) is 5.02 Å². The maximum absolute atomic E-state index is 12.7. The first-order valence-corrected chi connectivity index (χ1v) is 9.34. The van der Waals surface area contributed by atoms with Crippen molar-refractivity contribution in [3.63, 3.8) is 0 Å². The Morgan fingerprint density at radius 1 is 1.28 bits per heavy atom. The van der Waals surface area contributed by atoms with Crippen LogP contribution < -0.4 is 11.1 Å². The van der Waals surface area contributed by atoms with Gasteiger partial charge in [-0.3, -0.25) is 4.79 Å². The Hall–Kier alpha value is -1.85. The van der Waals surface area contributed by atoms with E-state index in [9.17, 15) is 4.79 Å². The van der Waals surface area contributed by atoms with Crippen molar-refractivity contribution in [3.05, 3.63) is 46.2 Å². The van der Waals surface area contributed by atoms with Gasteiger partial charge in [-0.25, -0.2) is 4.68 Å². The molecule has 1 aliphatic rings. The Morgan fingerprint density at radius 3 is 2.72 bits per heavy atom. The van der Waals surface area contributed by atoms with Gasteiger partial charge in [0.05, 0.1) is 5.69 Å². The van der Waals surface area contributed by atoms with Crippen LogP contribution in [-0.4, -0.2) is 28.3 Å². The van der Waals surface area contributed by atoms with Crippen molar-refractivity contribution in [3.8, 4) is 5.69 Å². The third-order valence-corrected chi connectivity index (χ3v) is 4.85. The van der Waals surface area contributed by atoms with Crippen molar-refractivity contribution < 1.29 is 4.79 Å². The molecule has 3 rings (SSSR count). The molecule has 3 N–H and O–H groups in total. The molecule has 25 heavy (non-hydrogen) atoms. The molecule has 1 amide bonds. The minimum atomic E-state index is -0.105. The highest BCUT2D eigenvalue weighted by atomic mass is 35.5. The SMILES string of the molecule is CC(N)CCNC(=O)c1nn(-c2ccc(Cl)cc2)c2c1CCCCC2. The van der Waals surface area contributed by atoms with E-state index in [-0.39, 0.29) is 11.9 Å². The standard InChI is InChI=1S/C19H25ClN4O/c1-13(21)11-12-22-19(25)18-16-5-3-2-4-6-17(16)24(23-18)15-9-7-14(20)8-10-15/h7-10,13H,2-6,11-12,21H2,1H3,(H,22,25). The molecule has 1 heterocycles. The van der Waals surface area contributed by atoms with Gasteiger partial charge in [0, 0.05) is 28.9 Å². The number of halogens is 1. The summed E-state index contributed by atoms with van der Waals surface area (Å²) in [4.78, 5) is 12.7. The summed E-state index contributed by atoms with van der Waals surface area (Å²) in [6, 6.07) is 7.66. The number of amides is 1. The lowest BCUT2D eigenvalue weighted by Crippen LogP contribution is -2.29. The number of benzene rings is 1. The molecule has 1 unspecified atom stereocenters. The minimum Gasteiger partial charge on any atom is -0.351 e. The quantitative estimate of drug-likeness (QED) is 0.804. The molecule has 134 valence electrons. The zero-order valence-electron chi connectivity index (χ0n) is 14.6. The van der Waals surface area contributed by atoms with E-state index < -0.39 is 0 Å². The van der Waals surface area contributed by atoms with E-state index in [0.717, 1.165) is 49.0 Å². The average molecular weight is 361 g/mol. The first-order chi connectivity index (χ1) is 12.1. The van der Waals surface area contributed by atoms with Crippen LogP contribution >= 0.6 is 11.6 Å². The normalized spacial score (nSPS) is 15.3. The highest BCUT2D eigenvalue weighted by Crippen LogP contribution is 2.27. The minimum absolute atomic E-state index is 0.0732. The Labute approximate surface area is 153 Å².